The lowest BCUT2D eigenvalue weighted by atomic mass is 10.0. The molecule has 156 valence electrons. The lowest BCUT2D eigenvalue weighted by molar-refractivity contribution is -0.131. The fourth-order valence-corrected chi connectivity index (χ4v) is 3.06. The van der Waals surface area contributed by atoms with Crippen LogP contribution in [0.15, 0.2) is 60.7 Å². The number of carbonyl (C=O) groups is 2. The van der Waals surface area contributed by atoms with Crippen LogP contribution in [0.5, 0.6) is 11.5 Å². The highest BCUT2D eigenvalue weighted by Gasteiger charge is 2.11. The average Bonchev–Trinajstić information content (AvgIpc) is 2.74. The molecule has 3 aromatic rings. The fourth-order valence-electron chi connectivity index (χ4n) is 3.06. The summed E-state index contributed by atoms with van der Waals surface area (Å²) in [7, 11) is 0. The van der Waals surface area contributed by atoms with E-state index in [1.807, 2.05) is 61.5 Å². The molecule has 0 saturated carbocycles. The number of benzene rings is 3. The smallest absolute Gasteiger partial charge is 0.276 e. The summed E-state index contributed by atoms with van der Waals surface area (Å²) in [6.07, 6.45) is 0. The van der Waals surface area contributed by atoms with E-state index < -0.39 is 11.8 Å². The van der Waals surface area contributed by atoms with Gasteiger partial charge in [0.25, 0.3) is 11.8 Å². The molecule has 0 aliphatic heterocycles. The molecule has 0 radical (unpaired) electrons. The molecule has 0 unspecified atom stereocenters. The first-order chi connectivity index (χ1) is 14.4. The number of nitrogens with one attached hydrogen (secondary N) is 2. The molecular formula is C24H26N2O4. The van der Waals surface area contributed by atoms with Crippen molar-refractivity contribution < 1.29 is 19.1 Å². The molecule has 3 rings (SSSR count). The standard InChI is InChI=1S/C24H26N2O4/c1-16(2)19-12-11-17(3)13-22(19)30-15-24(28)26-25-23(27)14-29-21-10-6-8-18-7-4-5-9-20(18)21/h4-13,16H,14-15H2,1-3H3,(H,25,27)(H,26,28). The summed E-state index contributed by atoms with van der Waals surface area (Å²) in [6.45, 7) is 5.67. The van der Waals surface area contributed by atoms with E-state index >= 15 is 0 Å². The predicted molar refractivity (Wildman–Crippen MR) is 116 cm³/mol. The van der Waals surface area contributed by atoms with Crippen LogP contribution in [-0.2, 0) is 9.59 Å². The normalized spacial score (nSPS) is 10.7. The summed E-state index contributed by atoms with van der Waals surface area (Å²) < 4.78 is 11.3. The Balaban J connectivity index is 1.47. The van der Waals surface area contributed by atoms with Gasteiger partial charge < -0.3 is 9.47 Å². The lowest BCUT2D eigenvalue weighted by Gasteiger charge is -2.15. The first kappa shape index (κ1) is 21.2. The molecule has 0 aliphatic carbocycles. The molecule has 0 heterocycles. The Morgan fingerprint density at radius 1 is 0.833 bits per heavy atom. The number of carbonyl (C=O) groups excluding carboxylic acids is 2. The van der Waals surface area contributed by atoms with Crippen LogP contribution in [0, 0.1) is 6.92 Å². The summed E-state index contributed by atoms with van der Waals surface area (Å²) in [5.41, 5.74) is 6.77. The zero-order valence-corrected chi connectivity index (χ0v) is 17.4. The zero-order valence-electron chi connectivity index (χ0n) is 17.4. The number of rotatable bonds is 7. The molecule has 2 amide bonds. The van der Waals surface area contributed by atoms with E-state index in [9.17, 15) is 9.59 Å². The minimum absolute atomic E-state index is 0.201. The molecule has 0 atom stereocenters. The third-order valence-electron chi connectivity index (χ3n) is 4.60. The number of ether oxygens (including phenoxy) is 2. The van der Waals surface area contributed by atoms with Crippen molar-refractivity contribution in [2.75, 3.05) is 13.2 Å². The summed E-state index contributed by atoms with van der Waals surface area (Å²) in [5, 5.41) is 1.95. The Hall–Kier alpha value is -3.54. The second-order valence-electron chi connectivity index (χ2n) is 7.35. The van der Waals surface area contributed by atoms with Gasteiger partial charge in [-0.3, -0.25) is 20.4 Å². The van der Waals surface area contributed by atoms with Gasteiger partial charge in [-0.05, 0) is 41.5 Å². The second-order valence-corrected chi connectivity index (χ2v) is 7.35. The van der Waals surface area contributed by atoms with Crippen molar-refractivity contribution in [1.82, 2.24) is 10.9 Å². The topological polar surface area (TPSA) is 76.7 Å². The molecule has 0 aromatic heterocycles. The van der Waals surface area contributed by atoms with Crippen molar-refractivity contribution in [3.63, 3.8) is 0 Å². The Kier molecular flexibility index (Phi) is 6.91. The Labute approximate surface area is 176 Å². The molecule has 6 heteroatoms. The molecule has 30 heavy (non-hydrogen) atoms. The molecule has 0 bridgehead atoms. The van der Waals surface area contributed by atoms with Crippen molar-refractivity contribution in [3.8, 4) is 11.5 Å². The third kappa shape index (κ3) is 5.50. The Morgan fingerprint density at radius 2 is 1.47 bits per heavy atom. The largest absolute Gasteiger partial charge is 0.483 e. The summed E-state index contributed by atoms with van der Waals surface area (Å²) in [6, 6.07) is 19.3. The molecule has 0 saturated heterocycles. The van der Waals surface area contributed by atoms with E-state index in [1.54, 1.807) is 6.07 Å². The maximum atomic E-state index is 12.0. The first-order valence-corrected chi connectivity index (χ1v) is 9.85. The van der Waals surface area contributed by atoms with E-state index in [0.29, 0.717) is 11.5 Å². The van der Waals surface area contributed by atoms with Gasteiger partial charge in [0.05, 0.1) is 0 Å². The van der Waals surface area contributed by atoms with Gasteiger partial charge in [0.2, 0.25) is 0 Å². The molecule has 3 aromatic carbocycles. The average molecular weight is 406 g/mol. The second kappa shape index (κ2) is 9.78. The van der Waals surface area contributed by atoms with Crippen molar-refractivity contribution in [3.05, 3.63) is 71.8 Å². The van der Waals surface area contributed by atoms with Gasteiger partial charge in [-0.25, -0.2) is 0 Å². The van der Waals surface area contributed by atoms with Gasteiger partial charge >= 0.3 is 0 Å². The Morgan fingerprint density at radius 3 is 2.17 bits per heavy atom. The highest BCUT2D eigenvalue weighted by Crippen LogP contribution is 2.27. The van der Waals surface area contributed by atoms with Crippen molar-refractivity contribution in [1.29, 1.82) is 0 Å². The highest BCUT2D eigenvalue weighted by molar-refractivity contribution is 5.89. The van der Waals surface area contributed by atoms with Crippen LogP contribution in [0.1, 0.15) is 30.9 Å². The monoisotopic (exact) mass is 406 g/mol. The van der Waals surface area contributed by atoms with Crippen molar-refractivity contribution in [2.45, 2.75) is 26.7 Å². The van der Waals surface area contributed by atoms with E-state index in [0.717, 1.165) is 21.9 Å². The minimum Gasteiger partial charge on any atom is -0.483 e. The predicted octanol–water partition coefficient (Wildman–Crippen LogP) is 3.88. The van der Waals surface area contributed by atoms with Gasteiger partial charge in [0, 0.05) is 5.39 Å². The van der Waals surface area contributed by atoms with E-state index in [1.165, 1.54) is 0 Å². The number of aryl methyl sites for hydroxylation is 1. The van der Waals surface area contributed by atoms with Crippen LogP contribution in [0.4, 0.5) is 0 Å². The fraction of sp³-hybridized carbons (Fsp3) is 0.250. The molecule has 0 aliphatic rings. The van der Waals surface area contributed by atoms with Crippen LogP contribution < -0.4 is 20.3 Å². The maximum absolute atomic E-state index is 12.0. The number of fused-ring (bicyclic) bond motifs is 1. The number of hydrogen-bond acceptors (Lipinski definition) is 4. The third-order valence-corrected chi connectivity index (χ3v) is 4.60. The number of hydrazine groups is 1. The van der Waals surface area contributed by atoms with E-state index in [4.69, 9.17) is 9.47 Å². The summed E-state index contributed by atoms with van der Waals surface area (Å²) in [4.78, 5) is 24.1. The summed E-state index contributed by atoms with van der Waals surface area (Å²) >= 11 is 0. The molecule has 2 N–H and O–H groups in total. The zero-order chi connectivity index (χ0) is 21.5. The SMILES string of the molecule is Cc1ccc(C(C)C)c(OCC(=O)NNC(=O)COc2cccc3ccccc23)c1. The van der Waals surface area contributed by atoms with Gasteiger partial charge in [-0.2, -0.15) is 0 Å². The maximum Gasteiger partial charge on any atom is 0.276 e. The summed E-state index contributed by atoms with van der Waals surface area (Å²) in [5.74, 6) is 0.637. The van der Waals surface area contributed by atoms with Crippen molar-refractivity contribution in [2.24, 2.45) is 0 Å². The van der Waals surface area contributed by atoms with E-state index in [2.05, 4.69) is 24.7 Å². The Bertz CT molecular complexity index is 1040. The van der Waals surface area contributed by atoms with Crippen LogP contribution in [-0.4, -0.2) is 25.0 Å². The molecule has 6 nitrogen and oxygen atoms in total. The van der Waals surface area contributed by atoms with Gasteiger partial charge in [0.1, 0.15) is 11.5 Å². The number of amides is 2. The molecular weight excluding hydrogens is 380 g/mol. The van der Waals surface area contributed by atoms with Crippen LogP contribution in [0.25, 0.3) is 10.8 Å². The van der Waals surface area contributed by atoms with Gasteiger partial charge in [-0.1, -0.05) is 62.4 Å². The number of hydrogen-bond donors (Lipinski definition) is 2. The van der Waals surface area contributed by atoms with Crippen LogP contribution >= 0.6 is 0 Å². The minimum atomic E-state index is -0.463. The van der Waals surface area contributed by atoms with Gasteiger partial charge in [0.15, 0.2) is 13.2 Å². The first-order valence-electron chi connectivity index (χ1n) is 9.85. The van der Waals surface area contributed by atoms with Gasteiger partial charge in [-0.15, -0.1) is 0 Å². The lowest BCUT2D eigenvalue weighted by Crippen LogP contribution is -2.45. The van der Waals surface area contributed by atoms with Crippen LogP contribution in [0.2, 0.25) is 0 Å². The molecule has 0 spiro atoms. The van der Waals surface area contributed by atoms with E-state index in [-0.39, 0.29) is 19.1 Å². The molecule has 0 fully saturated rings. The quantitative estimate of drug-likeness (QED) is 0.584. The highest BCUT2D eigenvalue weighted by atomic mass is 16.5. The van der Waals surface area contributed by atoms with Crippen LogP contribution in [0.3, 0.4) is 0 Å². The van der Waals surface area contributed by atoms with Crippen molar-refractivity contribution >= 4 is 22.6 Å².